The fraction of sp³-hybridized carbons (Fsp3) is 1.00. The van der Waals surface area contributed by atoms with E-state index < -0.39 is 27.5 Å². The van der Waals surface area contributed by atoms with Crippen molar-refractivity contribution in [2.75, 3.05) is 0 Å². The van der Waals surface area contributed by atoms with Crippen LogP contribution < -0.4 is 0 Å². The molecule has 0 saturated carbocycles. The van der Waals surface area contributed by atoms with Crippen LogP contribution in [0.25, 0.3) is 0 Å². The molecule has 4 nitrogen and oxygen atoms in total. The fourth-order valence-corrected chi connectivity index (χ4v) is 4.27. The van der Waals surface area contributed by atoms with Crippen LogP contribution in [-0.4, -0.2) is 42.9 Å². The molecule has 4 unspecified atom stereocenters. The van der Waals surface area contributed by atoms with Gasteiger partial charge >= 0.3 is 0 Å². The van der Waals surface area contributed by atoms with Gasteiger partial charge < -0.3 is 19.7 Å². The first-order valence-corrected chi connectivity index (χ1v) is 6.95. The summed E-state index contributed by atoms with van der Waals surface area (Å²) in [5, 5.41) is 27.8. The largest absolute Gasteiger partial charge is 0.394 e. The summed E-state index contributed by atoms with van der Waals surface area (Å²) >= 11 is 0. The molecular formula is C8H18O4Si. The molecule has 1 aliphatic rings. The van der Waals surface area contributed by atoms with E-state index in [1.807, 2.05) is 0 Å². The zero-order chi connectivity index (χ0) is 9.84. The van der Waals surface area contributed by atoms with E-state index in [0.29, 0.717) is 6.04 Å². The summed E-state index contributed by atoms with van der Waals surface area (Å²) in [7, 11) is -1.46. The number of unbranched alkanes of at least 4 members (excludes halogenated alkanes) is 1. The molecule has 13 heavy (non-hydrogen) atoms. The Morgan fingerprint density at radius 1 is 1.38 bits per heavy atom. The highest BCUT2D eigenvalue weighted by molar-refractivity contribution is 6.52. The second-order valence-electron chi connectivity index (χ2n) is 3.58. The van der Waals surface area contributed by atoms with Crippen molar-refractivity contribution < 1.29 is 19.7 Å². The van der Waals surface area contributed by atoms with Crippen molar-refractivity contribution in [2.24, 2.45) is 0 Å². The highest BCUT2D eigenvalue weighted by Gasteiger charge is 2.35. The molecule has 1 rings (SSSR count). The van der Waals surface area contributed by atoms with Gasteiger partial charge in [0.15, 0.2) is 15.3 Å². The van der Waals surface area contributed by atoms with Crippen molar-refractivity contribution in [3.05, 3.63) is 0 Å². The molecule has 0 spiro atoms. The van der Waals surface area contributed by atoms with Gasteiger partial charge in [-0.3, -0.25) is 0 Å². The minimum Gasteiger partial charge on any atom is -0.394 e. The Morgan fingerprint density at radius 2 is 2.08 bits per heavy atom. The lowest BCUT2D eigenvalue weighted by Gasteiger charge is -2.33. The average Bonchev–Trinajstić information content (AvgIpc) is 2.10. The van der Waals surface area contributed by atoms with Crippen LogP contribution in [0.4, 0.5) is 0 Å². The van der Waals surface area contributed by atoms with Crippen molar-refractivity contribution in [1.82, 2.24) is 0 Å². The molecule has 0 bridgehead atoms. The SMILES string of the molecule is CCCC[SiH]1CC(O)C(O)C(O)O1. The van der Waals surface area contributed by atoms with Crippen LogP contribution in [0, 0.1) is 0 Å². The van der Waals surface area contributed by atoms with Gasteiger partial charge in [0.2, 0.25) is 0 Å². The number of hydrogen-bond acceptors (Lipinski definition) is 4. The first-order valence-electron chi connectivity index (χ1n) is 4.84. The molecule has 1 heterocycles. The maximum Gasteiger partial charge on any atom is 0.183 e. The molecule has 0 amide bonds. The molecule has 0 radical (unpaired) electrons. The van der Waals surface area contributed by atoms with E-state index in [9.17, 15) is 15.3 Å². The van der Waals surface area contributed by atoms with Gasteiger partial charge in [0.1, 0.15) is 6.10 Å². The third-order valence-electron chi connectivity index (χ3n) is 2.40. The average molecular weight is 206 g/mol. The van der Waals surface area contributed by atoms with Gasteiger partial charge in [-0.15, -0.1) is 0 Å². The fourth-order valence-electron chi connectivity index (χ4n) is 1.55. The van der Waals surface area contributed by atoms with Crippen molar-refractivity contribution in [3.8, 4) is 0 Å². The molecule has 0 aromatic heterocycles. The number of aliphatic hydroxyl groups is 3. The first kappa shape index (κ1) is 11.1. The monoisotopic (exact) mass is 206 g/mol. The van der Waals surface area contributed by atoms with Crippen molar-refractivity contribution in [3.63, 3.8) is 0 Å². The molecule has 1 aliphatic heterocycles. The zero-order valence-electron chi connectivity index (χ0n) is 7.89. The maximum absolute atomic E-state index is 9.36. The smallest absolute Gasteiger partial charge is 0.183 e. The Hall–Kier alpha value is 0.0569. The Morgan fingerprint density at radius 3 is 2.62 bits per heavy atom. The van der Waals surface area contributed by atoms with Crippen molar-refractivity contribution in [1.29, 1.82) is 0 Å². The predicted octanol–water partition coefficient (Wildman–Crippen LogP) is -0.419. The summed E-state index contributed by atoms with van der Waals surface area (Å²) in [5.41, 5.74) is 0. The van der Waals surface area contributed by atoms with Gasteiger partial charge in [-0.1, -0.05) is 19.8 Å². The quantitative estimate of drug-likeness (QED) is 0.549. The molecule has 0 aliphatic carbocycles. The van der Waals surface area contributed by atoms with Gasteiger partial charge in [-0.2, -0.15) is 0 Å². The van der Waals surface area contributed by atoms with E-state index in [-0.39, 0.29) is 0 Å². The van der Waals surface area contributed by atoms with E-state index >= 15 is 0 Å². The van der Waals surface area contributed by atoms with Gasteiger partial charge in [-0.25, -0.2) is 0 Å². The second-order valence-corrected chi connectivity index (χ2v) is 6.15. The zero-order valence-corrected chi connectivity index (χ0v) is 9.04. The summed E-state index contributed by atoms with van der Waals surface area (Å²) in [6.07, 6.45) is -0.909. The van der Waals surface area contributed by atoms with E-state index in [4.69, 9.17) is 4.43 Å². The third kappa shape index (κ3) is 3.03. The van der Waals surface area contributed by atoms with E-state index in [0.717, 1.165) is 18.9 Å². The van der Waals surface area contributed by atoms with E-state index in [1.165, 1.54) is 0 Å². The standard InChI is InChI=1S/C8H18O4Si/c1-2-3-4-13-5-6(9)7(10)8(11)12-13/h6-11,13H,2-5H2,1H3. The van der Waals surface area contributed by atoms with Crippen LogP contribution in [0.1, 0.15) is 19.8 Å². The van der Waals surface area contributed by atoms with Crippen molar-refractivity contribution >= 4 is 9.04 Å². The lowest BCUT2D eigenvalue weighted by atomic mass is 10.2. The first-order chi connectivity index (χ1) is 6.15. The molecule has 0 aromatic rings. The van der Waals surface area contributed by atoms with Crippen LogP contribution >= 0.6 is 0 Å². The lowest BCUT2D eigenvalue weighted by Crippen LogP contribution is -2.49. The minimum absolute atomic E-state index is 0.554. The molecule has 5 heteroatoms. The van der Waals surface area contributed by atoms with Crippen LogP contribution in [0.2, 0.25) is 12.1 Å². The molecule has 1 fully saturated rings. The molecule has 0 aromatic carbocycles. The Labute approximate surface area is 79.9 Å². The summed E-state index contributed by atoms with van der Waals surface area (Å²) in [5.74, 6) is 0. The van der Waals surface area contributed by atoms with Gasteiger partial charge in [0.25, 0.3) is 0 Å². The Bertz CT molecular complexity index is 143. The van der Waals surface area contributed by atoms with Crippen LogP contribution in [0.15, 0.2) is 0 Å². The second kappa shape index (κ2) is 5.07. The van der Waals surface area contributed by atoms with Gasteiger partial charge in [0, 0.05) is 0 Å². The Balaban J connectivity index is 2.35. The summed E-state index contributed by atoms with van der Waals surface area (Å²) in [6.45, 7) is 2.10. The minimum atomic E-state index is -1.46. The molecule has 78 valence electrons. The number of rotatable bonds is 3. The lowest BCUT2D eigenvalue weighted by molar-refractivity contribution is -0.156. The number of aliphatic hydroxyl groups excluding tert-OH is 3. The molecule has 3 N–H and O–H groups in total. The molecule has 1 saturated heterocycles. The summed E-state index contributed by atoms with van der Waals surface area (Å²) in [4.78, 5) is 0. The van der Waals surface area contributed by atoms with Gasteiger partial charge in [0.05, 0.1) is 6.10 Å². The topological polar surface area (TPSA) is 69.9 Å². The van der Waals surface area contributed by atoms with Crippen molar-refractivity contribution in [2.45, 2.75) is 50.4 Å². The molecule has 4 atom stereocenters. The summed E-state index contributed by atoms with van der Waals surface area (Å²) in [6, 6.07) is 1.52. The van der Waals surface area contributed by atoms with Crippen LogP contribution in [0.5, 0.6) is 0 Å². The normalized spacial score (nSPS) is 40.6. The van der Waals surface area contributed by atoms with Gasteiger partial charge in [-0.05, 0) is 12.1 Å². The summed E-state index contributed by atoms with van der Waals surface area (Å²) < 4.78 is 5.26. The van der Waals surface area contributed by atoms with Crippen LogP contribution in [-0.2, 0) is 4.43 Å². The highest BCUT2D eigenvalue weighted by atomic mass is 28.3. The van der Waals surface area contributed by atoms with Crippen LogP contribution in [0.3, 0.4) is 0 Å². The Kier molecular flexibility index (Phi) is 4.34. The maximum atomic E-state index is 9.36. The number of hydrogen-bond donors (Lipinski definition) is 3. The highest BCUT2D eigenvalue weighted by Crippen LogP contribution is 2.21. The molecular weight excluding hydrogens is 188 g/mol. The van der Waals surface area contributed by atoms with E-state index in [1.54, 1.807) is 0 Å². The predicted molar refractivity (Wildman–Crippen MR) is 50.8 cm³/mol. The van der Waals surface area contributed by atoms with E-state index in [2.05, 4.69) is 6.92 Å². The third-order valence-corrected chi connectivity index (χ3v) is 5.13.